The number of hydrogen-bond acceptors (Lipinski definition) is 7. The Kier molecular flexibility index (Phi) is 3.70. The van der Waals surface area contributed by atoms with Gasteiger partial charge in [-0.15, -0.1) is 10.2 Å². The van der Waals surface area contributed by atoms with Crippen molar-refractivity contribution >= 4 is 16.5 Å². The van der Waals surface area contributed by atoms with E-state index in [0.717, 1.165) is 31.1 Å². The first-order chi connectivity index (χ1) is 7.69. The highest BCUT2D eigenvalue weighted by Crippen LogP contribution is 2.23. The maximum Gasteiger partial charge on any atom is 0.219 e. The van der Waals surface area contributed by atoms with Crippen LogP contribution in [0.3, 0.4) is 0 Å². The monoisotopic (exact) mass is 243 g/mol. The van der Waals surface area contributed by atoms with Gasteiger partial charge in [-0.1, -0.05) is 11.3 Å². The second kappa shape index (κ2) is 5.05. The van der Waals surface area contributed by atoms with Crippen LogP contribution >= 0.6 is 11.3 Å². The Bertz CT molecular complexity index is 342. The molecule has 1 fully saturated rings. The lowest BCUT2D eigenvalue weighted by Crippen LogP contribution is -2.23. The molecule has 2 rings (SSSR count). The average molecular weight is 243 g/mol. The number of hydrazine groups is 1. The number of hydrogen-bond donors (Lipinski definition) is 3. The molecule has 1 aromatic heterocycles. The van der Waals surface area contributed by atoms with Gasteiger partial charge in [0.25, 0.3) is 0 Å². The van der Waals surface area contributed by atoms with E-state index in [1.807, 2.05) is 6.92 Å². The minimum atomic E-state index is -0.222. The van der Waals surface area contributed by atoms with Crippen molar-refractivity contribution < 1.29 is 5.11 Å². The number of nitrogen functional groups attached to an aromatic ring is 1. The molecule has 0 spiro atoms. The van der Waals surface area contributed by atoms with Gasteiger partial charge in [-0.05, 0) is 25.8 Å². The highest BCUT2D eigenvalue weighted by atomic mass is 32.1. The van der Waals surface area contributed by atoms with Crippen molar-refractivity contribution in [2.45, 2.75) is 26.0 Å². The molecule has 1 aliphatic heterocycles. The number of nitrogens with zero attached hydrogens (tertiary/aromatic N) is 3. The third kappa shape index (κ3) is 2.67. The Balaban J connectivity index is 1.87. The first-order valence-electron chi connectivity index (χ1n) is 5.38. The molecular weight excluding hydrogens is 226 g/mol. The Morgan fingerprint density at radius 3 is 3.06 bits per heavy atom. The average Bonchev–Trinajstić information content (AvgIpc) is 2.87. The van der Waals surface area contributed by atoms with Crippen LogP contribution in [0.15, 0.2) is 0 Å². The van der Waals surface area contributed by atoms with E-state index in [1.54, 1.807) is 0 Å². The minimum Gasteiger partial charge on any atom is -0.393 e. The van der Waals surface area contributed by atoms with E-state index in [1.165, 1.54) is 11.3 Å². The van der Waals surface area contributed by atoms with Crippen molar-refractivity contribution in [2.75, 3.05) is 18.5 Å². The zero-order chi connectivity index (χ0) is 11.5. The number of aliphatic hydroxyl groups is 1. The number of likely N-dealkylation sites (tertiary alicyclic amines) is 1. The van der Waals surface area contributed by atoms with Crippen molar-refractivity contribution in [3.63, 3.8) is 0 Å². The van der Waals surface area contributed by atoms with Crippen LogP contribution in [0.25, 0.3) is 0 Å². The Labute approximate surface area is 98.4 Å². The number of aromatic nitrogens is 2. The van der Waals surface area contributed by atoms with Crippen LogP contribution in [-0.4, -0.2) is 39.4 Å². The Hall–Kier alpha value is -0.760. The fourth-order valence-corrected chi connectivity index (χ4v) is 2.66. The molecule has 90 valence electrons. The largest absolute Gasteiger partial charge is 0.393 e. The van der Waals surface area contributed by atoms with Gasteiger partial charge in [-0.25, -0.2) is 5.84 Å². The third-order valence-corrected chi connectivity index (χ3v) is 3.78. The molecule has 0 saturated carbocycles. The van der Waals surface area contributed by atoms with Gasteiger partial charge >= 0.3 is 0 Å². The summed E-state index contributed by atoms with van der Waals surface area (Å²) in [5.41, 5.74) is 2.49. The lowest BCUT2D eigenvalue weighted by Gasteiger charge is -2.15. The SMILES string of the molecule is CC(O)C1CCN(Cc2nnc(NN)s2)C1. The van der Waals surface area contributed by atoms with Crippen LogP contribution in [0.2, 0.25) is 0 Å². The van der Waals surface area contributed by atoms with Gasteiger partial charge in [0.1, 0.15) is 5.01 Å². The van der Waals surface area contributed by atoms with Crippen LogP contribution < -0.4 is 11.3 Å². The number of nitrogens with two attached hydrogens (primary N) is 1. The molecule has 2 unspecified atom stereocenters. The molecule has 2 atom stereocenters. The quantitative estimate of drug-likeness (QED) is 0.511. The molecule has 0 aliphatic carbocycles. The first kappa shape index (κ1) is 11.7. The summed E-state index contributed by atoms with van der Waals surface area (Å²) in [7, 11) is 0. The molecule has 4 N–H and O–H groups in total. The molecule has 7 heteroatoms. The summed E-state index contributed by atoms with van der Waals surface area (Å²) in [5.74, 6) is 5.63. The van der Waals surface area contributed by atoms with E-state index in [-0.39, 0.29) is 6.10 Å². The Morgan fingerprint density at radius 1 is 1.69 bits per heavy atom. The lowest BCUT2D eigenvalue weighted by atomic mass is 10.0. The summed E-state index contributed by atoms with van der Waals surface area (Å²) < 4.78 is 0. The highest BCUT2D eigenvalue weighted by Gasteiger charge is 2.26. The van der Waals surface area contributed by atoms with Crippen LogP contribution in [0.4, 0.5) is 5.13 Å². The van der Waals surface area contributed by atoms with Gasteiger partial charge in [0.05, 0.1) is 12.6 Å². The second-order valence-electron chi connectivity index (χ2n) is 4.17. The van der Waals surface area contributed by atoms with Crippen LogP contribution in [0.5, 0.6) is 0 Å². The summed E-state index contributed by atoms with van der Waals surface area (Å²) >= 11 is 1.47. The van der Waals surface area contributed by atoms with Crippen molar-refractivity contribution in [1.82, 2.24) is 15.1 Å². The molecular formula is C9H17N5OS. The van der Waals surface area contributed by atoms with Gasteiger partial charge in [0, 0.05) is 6.54 Å². The molecule has 1 aliphatic rings. The standard InChI is InChI=1S/C9H17N5OS/c1-6(15)7-2-3-14(4-7)5-8-12-13-9(11-10)16-8/h6-7,15H,2-5,10H2,1H3,(H,11,13). The fourth-order valence-electron chi connectivity index (χ4n) is 1.97. The maximum absolute atomic E-state index is 9.50. The molecule has 16 heavy (non-hydrogen) atoms. The van der Waals surface area contributed by atoms with Gasteiger partial charge in [0.15, 0.2) is 0 Å². The van der Waals surface area contributed by atoms with Crippen LogP contribution in [0, 0.1) is 5.92 Å². The van der Waals surface area contributed by atoms with Crippen LogP contribution in [-0.2, 0) is 6.54 Å². The van der Waals surface area contributed by atoms with Crippen molar-refractivity contribution in [2.24, 2.45) is 11.8 Å². The van der Waals surface area contributed by atoms with E-state index in [4.69, 9.17) is 5.84 Å². The van der Waals surface area contributed by atoms with E-state index < -0.39 is 0 Å². The number of aliphatic hydroxyl groups excluding tert-OH is 1. The molecule has 6 nitrogen and oxygen atoms in total. The predicted molar refractivity (Wildman–Crippen MR) is 62.8 cm³/mol. The van der Waals surface area contributed by atoms with E-state index >= 15 is 0 Å². The number of rotatable bonds is 4. The van der Waals surface area contributed by atoms with E-state index in [9.17, 15) is 5.11 Å². The van der Waals surface area contributed by atoms with Gasteiger partial charge in [-0.2, -0.15) is 0 Å². The molecule has 0 bridgehead atoms. The molecule has 0 aromatic carbocycles. The van der Waals surface area contributed by atoms with Gasteiger partial charge in [0.2, 0.25) is 5.13 Å². The molecule has 1 saturated heterocycles. The van der Waals surface area contributed by atoms with Crippen molar-refractivity contribution in [3.05, 3.63) is 5.01 Å². The second-order valence-corrected chi connectivity index (χ2v) is 5.23. The summed E-state index contributed by atoms with van der Waals surface area (Å²) in [5, 5.41) is 19.0. The highest BCUT2D eigenvalue weighted by molar-refractivity contribution is 7.15. The summed E-state index contributed by atoms with van der Waals surface area (Å²) in [4.78, 5) is 2.29. The van der Waals surface area contributed by atoms with Crippen molar-refractivity contribution in [1.29, 1.82) is 0 Å². The van der Waals surface area contributed by atoms with Gasteiger partial charge in [-0.3, -0.25) is 10.3 Å². The predicted octanol–water partition coefficient (Wildman–Crippen LogP) is 0.0264. The summed E-state index contributed by atoms with van der Waals surface area (Å²) in [6.45, 7) is 4.60. The normalized spacial score (nSPS) is 23.6. The summed E-state index contributed by atoms with van der Waals surface area (Å²) in [6.07, 6.45) is 0.832. The van der Waals surface area contributed by atoms with Gasteiger partial charge < -0.3 is 5.11 Å². The Morgan fingerprint density at radius 2 is 2.50 bits per heavy atom. The fraction of sp³-hybridized carbons (Fsp3) is 0.778. The number of anilines is 1. The van der Waals surface area contributed by atoms with E-state index in [0.29, 0.717) is 11.0 Å². The van der Waals surface area contributed by atoms with Crippen LogP contribution in [0.1, 0.15) is 18.4 Å². The molecule has 2 heterocycles. The molecule has 0 amide bonds. The summed E-state index contributed by atoms with van der Waals surface area (Å²) in [6, 6.07) is 0. The topological polar surface area (TPSA) is 87.3 Å². The smallest absolute Gasteiger partial charge is 0.219 e. The lowest BCUT2D eigenvalue weighted by molar-refractivity contribution is 0.127. The van der Waals surface area contributed by atoms with E-state index in [2.05, 4.69) is 20.5 Å². The zero-order valence-corrected chi connectivity index (χ0v) is 10.1. The first-order valence-corrected chi connectivity index (χ1v) is 6.20. The molecule has 0 radical (unpaired) electrons. The third-order valence-electron chi connectivity index (χ3n) is 2.94. The maximum atomic E-state index is 9.50. The minimum absolute atomic E-state index is 0.222. The zero-order valence-electron chi connectivity index (χ0n) is 9.26. The molecule has 1 aromatic rings. The van der Waals surface area contributed by atoms with Crippen molar-refractivity contribution in [3.8, 4) is 0 Å². The number of nitrogens with one attached hydrogen (secondary N) is 1.